The Morgan fingerprint density at radius 2 is 1.97 bits per heavy atom. The van der Waals surface area contributed by atoms with Gasteiger partial charge in [0, 0.05) is 29.7 Å². The molecule has 0 bridgehead atoms. The Bertz CT molecular complexity index is 920. The van der Waals surface area contributed by atoms with E-state index in [9.17, 15) is 4.79 Å². The molecule has 1 fully saturated rings. The number of nitrogens with one attached hydrogen (secondary N) is 1. The van der Waals surface area contributed by atoms with Gasteiger partial charge in [-0.1, -0.05) is 37.0 Å². The first kappa shape index (κ1) is 22.6. The number of halogens is 2. The van der Waals surface area contributed by atoms with Crippen LogP contribution >= 0.6 is 23.2 Å². The van der Waals surface area contributed by atoms with Gasteiger partial charge in [-0.15, -0.1) is 0 Å². The number of carbonyl (C=O) groups excluding carboxylic acids is 1. The molecule has 1 aromatic heterocycles. The Kier molecular flexibility index (Phi) is 7.42. The largest absolute Gasteiger partial charge is 0.447 e. The van der Waals surface area contributed by atoms with Gasteiger partial charge in [-0.25, -0.2) is 14.8 Å². The fourth-order valence-electron chi connectivity index (χ4n) is 3.52. The predicted octanol–water partition coefficient (Wildman–Crippen LogP) is 5.61. The van der Waals surface area contributed by atoms with Crippen LogP contribution in [-0.2, 0) is 17.6 Å². The van der Waals surface area contributed by atoms with Crippen LogP contribution in [0.5, 0.6) is 0 Å². The lowest BCUT2D eigenvalue weighted by molar-refractivity contribution is 0.0834. The van der Waals surface area contributed by atoms with Gasteiger partial charge in [-0.05, 0) is 51.3 Å². The van der Waals surface area contributed by atoms with E-state index >= 15 is 0 Å². The van der Waals surface area contributed by atoms with Crippen LogP contribution in [0.25, 0.3) is 11.3 Å². The third kappa shape index (κ3) is 5.16. The zero-order chi connectivity index (χ0) is 21.8. The van der Waals surface area contributed by atoms with Crippen LogP contribution in [-0.4, -0.2) is 46.2 Å². The van der Waals surface area contributed by atoms with Crippen molar-refractivity contribution in [1.29, 1.82) is 0 Å². The molecule has 1 aliphatic rings. The highest BCUT2D eigenvalue weighted by Gasteiger charge is 2.29. The second-order valence-electron chi connectivity index (χ2n) is 7.65. The second-order valence-corrected chi connectivity index (χ2v) is 8.50. The van der Waals surface area contributed by atoms with Gasteiger partial charge in [0.05, 0.1) is 28.2 Å². The Morgan fingerprint density at radius 3 is 2.60 bits per heavy atom. The molecule has 162 valence electrons. The average Bonchev–Trinajstić information content (AvgIpc) is 3.16. The van der Waals surface area contributed by atoms with Crippen LogP contribution in [0.3, 0.4) is 0 Å². The van der Waals surface area contributed by atoms with Gasteiger partial charge in [0.2, 0.25) is 0 Å². The van der Waals surface area contributed by atoms with E-state index in [2.05, 4.69) is 12.2 Å². The highest BCUT2D eigenvalue weighted by molar-refractivity contribution is 6.36. The summed E-state index contributed by atoms with van der Waals surface area (Å²) in [5.41, 5.74) is 3.36. The summed E-state index contributed by atoms with van der Waals surface area (Å²) >= 11 is 12.5. The summed E-state index contributed by atoms with van der Waals surface area (Å²) in [6.07, 6.45) is 1.89. The molecule has 1 saturated heterocycles. The molecule has 3 rings (SSSR count). The molecule has 0 radical (unpaired) electrons. The highest BCUT2D eigenvalue weighted by atomic mass is 35.5. The van der Waals surface area contributed by atoms with Crippen molar-refractivity contribution in [2.75, 3.05) is 18.4 Å². The van der Waals surface area contributed by atoms with Crippen LogP contribution < -0.4 is 5.32 Å². The van der Waals surface area contributed by atoms with Gasteiger partial charge in [0.15, 0.2) is 0 Å². The molecule has 30 heavy (non-hydrogen) atoms. The van der Waals surface area contributed by atoms with E-state index in [-0.39, 0.29) is 18.2 Å². The van der Waals surface area contributed by atoms with E-state index in [0.29, 0.717) is 23.1 Å². The summed E-state index contributed by atoms with van der Waals surface area (Å²) in [6.45, 7) is 9.06. The van der Waals surface area contributed by atoms with Crippen molar-refractivity contribution in [2.45, 2.75) is 59.1 Å². The maximum atomic E-state index is 12.2. The van der Waals surface area contributed by atoms with Crippen molar-refractivity contribution < 1.29 is 9.53 Å². The number of anilines is 1. The molecule has 2 heterocycles. The molecule has 1 aliphatic heterocycles. The smallest absolute Gasteiger partial charge is 0.410 e. The molecular formula is C22H28Cl2N4O2. The van der Waals surface area contributed by atoms with Crippen molar-refractivity contribution in [1.82, 2.24) is 14.9 Å². The number of likely N-dealkylation sites (tertiary alicyclic amines) is 1. The second kappa shape index (κ2) is 9.84. The molecule has 1 amide bonds. The third-order valence-electron chi connectivity index (χ3n) is 5.02. The van der Waals surface area contributed by atoms with Crippen molar-refractivity contribution in [2.24, 2.45) is 0 Å². The number of hydrogen-bond acceptors (Lipinski definition) is 5. The van der Waals surface area contributed by atoms with Gasteiger partial charge in [0.25, 0.3) is 0 Å². The lowest BCUT2D eigenvalue weighted by Crippen LogP contribution is -2.33. The number of aryl methyl sites for hydroxylation is 2. The number of benzene rings is 1. The van der Waals surface area contributed by atoms with Crippen LogP contribution in [0.4, 0.5) is 10.6 Å². The minimum absolute atomic E-state index is 0.110. The average molecular weight is 451 g/mol. The Morgan fingerprint density at radius 1 is 1.23 bits per heavy atom. The zero-order valence-corrected chi connectivity index (χ0v) is 19.3. The Labute approximate surface area is 187 Å². The van der Waals surface area contributed by atoms with Crippen LogP contribution in [0.2, 0.25) is 10.0 Å². The lowest BCUT2D eigenvalue weighted by atomic mass is 10.1. The summed E-state index contributed by atoms with van der Waals surface area (Å²) in [6, 6.07) is 5.53. The SMILES string of the molecule is CCc1nc(-c2ccc(Cl)cc2Cl)c(CC)nc1NC1CCN(C(=O)OC(C)C)C1. The lowest BCUT2D eigenvalue weighted by Gasteiger charge is -2.20. The maximum absolute atomic E-state index is 12.2. The number of carbonyl (C=O) groups is 1. The standard InChI is InChI=1S/C22H28Cl2N4O2/c1-5-18-20(16-8-7-14(23)11-17(16)24)26-19(6-2)21(27-18)25-15-9-10-28(12-15)22(29)30-13(3)4/h7-8,11,13,15H,5-6,9-10,12H2,1-4H3,(H,25,27). The first-order valence-electron chi connectivity index (χ1n) is 10.4. The van der Waals surface area contributed by atoms with Gasteiger partial charge < -0.3 is 15.0 Å². The fraction of sp³-hybridized carbons (Fsp3) is 0.500. The van der Waals surface area contributed by atoms with E-state index in [1.165, 1.54) is 0 Å². The molecule has 6 nitrogen and oxygen atoms in total. The van der Waals surface area contributed by atoms with E-state index in [1.807, 2.05) is 32.9 Å². The van der Waals surface area contributed by atoms with Crippen LogP contribution in [0.15, 0.2) is 18.2 Å². The summed E-state index contributed by atoms with van der Waals surface area (Å²) in [5.74, 6) is 0.771. The van der Waals surface area contributed by atoms with Crippen LogP contribution in [0, 0.1) is 0 Å². The molecule has 1 aromatic carbocycles. The highest BCUT2D eigenvalue weighted by Crippen LogP contribution is 2.32. The van der Waals surface area contributed by atoms with E-state index < -0.39 is 0 Å². The minimum Gasteiger partial charge on any atom is -0.447 e. The molecule has 0 aliphatic carbocycles. The Hall–Kier alpha value is -2.05. The fourth-order valence-corrected chi connectivity index (χ4v) is 4.02. The normalized spacial score (nSPS) is 16.2. The predicted molar refractivity (Wildman–Crippen MR) is 121 cm³/mol. The van der Waals surface area contributed by atoms with E-state index in [1.54, 1.807) is 11.0 Å². The van der Waals surface area contributed by atoms with Gasteiger partial charge in [-0.2, -0.15) is 0 Å². The Balaban J connectivity index is 1.83. The monoisotopic (exact) mass is 450 g/mol. The molecular weight excluding hydrogens is 423 g/mol. The molecule has 1 N–H and O–H groups in total. The number of ether oxygens (including phenoxy) is 1. The van der Waals surface area contributed by atoms with Gasteiger partial charge in [-0.3, -0.25) is 0 Å². The summed E-state index contributed by atoms with van der Waals surface area (Å²) in [7, 11) is 0. The first-order chi connectivity index (χ1) is 14.3. The minimum atomic E-state index is -0.266. The third-order valence-corrected chi connectivity index (χ3v) is 5.57. The first-order valence-corrected chi connectivity index (χ1v) is 11.1. The van der Waals surface area contributed by atoms with E-state index in [0.717, 1.165) is 47.7 Å². The van der Waals surface area contributed by atoms with Gasteiger partial charge >= 0.3 is 6.09 Å². The number of hydrogen-bond donors (Lipinski definition) is 1. The maximum Gasteiger partial charge on any atom is 0.410 e. The molecule has 0 saturated carbocycles. The van der Waals surface area contributed by atoms with Crippen LogP contribution in [0.1, 0.15) is 45.5 Å². The van der Waals surface area contributed by atoms with Crippen molar-refractivity contribution in [3.05, 3.63) is 39.6 Å². The van der Waals surface area contributed by atoms with E-state index in [4.69, 9.17) is 37.9 Å². The molecule has 8 heteroatoms. The number of rotatable bonds is 6. The zero-order valence-electron chi connectivity index (χ0n) is 17.8. The molecule has 2 aromatic rings. The molecule has 1 atom stereocenters. The molecule has 0 spiro atoms. The van der Waals surface area contributed by atoms with Crippen molar-refractivity contribution >= 4 is 35.1 Å². The van der Waals surface area contributed by atoms with Crippen molar-refractivity contribution in [3.8, 4) is 11.3 Å². The number of aromatic nitrogens is 2. The summed E-state index contributed by atoms with van der Waals surface area (Å²) < 4.78 is 5.31. The van der Waals surface area contributed by atoms with Crippen molar-refractivity contribution in [3.63, 3.8) is 0 Å². The number of amides is 1. The summed E-state index contributed by atoms with van der Waals surface area (Å²) in [5, 5.41) is 4.65. The summed E-state index contributed by atoms with van der Waals surface area (Å²) in [4.78, 5) is 23.7. The quantitative estimate of drug-likeness (QED) is 0.619. The molecule has 1 unspecified atom stereocenters. The number of nitrogens with zero attached hydrogens (tertiary/aromatic N) is 3. The topological polar surface area (TPSA) is 67.4 Å². The van der Waals surface area contributed by atoms with Gasteiger partial charge in [0.1, 0.15) is 5.82 Å².